The van der Waals surface area contributed by atoms with Crippen LogP contribution in [0.25, 0.3) is 0 Å². The lowest BCUT2D eigenvalue weighted by Gasteiger charge is -2.41. The first kappa shape index (κ1) is 17.1. The van der Waals surface area contributed by atoms with Crippen molar-refractivity contribution in [2.24, 2.45) is 5.92 Å². The van der Waals surface area contributed by atoms with Crippen LogP contribution in [0.15, 0.2) is 0 Å². The van der Waals surface area contributed by atoms with Gasteiger partial charge in [-0.1, -0.05) is 6.92 Å². The zero-order valence-electron chi connectivity index (χ0n) is 13.6. The molecule has 0 amide bonds. The monoisotopic (exact) mass is 318 g/mol. The molecule has 2 heterocycles. The average molecular weight is 318 g/mol. The Kier molecular flexibility index (Phi) is 6.02. The van der Waals surface area contributed by atoms with Crippen molar-refractivity contribution in [1.29, 1.82) is 0 Å². The molecule has 0 aromatic heterocycles. The van der Waals surface area contributed by atoms with E-state index < -0.39 is 10.2 Å². The van der Waals surface area contributed by atoms with Gasteiger partial charge in [0.2, 0.25) is 0 Å². The lowest BCUT2D eigenvalue weighted by atomic mass is 9.98. The highest BCUT2D eigenvalue weighted by Gasteiger charge is 2.36. The minimum absolute atomic E-state index is 0.306. The summed E-state index contributed by atoms with van der Waals surface area (Å²) in [6.45, 7) is 9.63. The Balaban J connectivity index is 1.93. The van der Waals surface area contributed by atoms with Crippen LogP contribution in [0.2, 0.25) is 0 Å². The zero-order chi connectivity index (χ0) is 15.5. The molecule has 2 rings (SSSR count). The maximum Gasteiger partial charge on any atom is 0.282 e. The van der Waals surface area contributed by atoms with E-state index in [1.165, 1.54) is 0 Å². The first-order valence-electron chi connectivity index (χ1n) is 8.13. The topological polar surface area (TPSA) is 55.9 Å². The third-order valence-corrected chi connectivity index (χ3v) is 6.85. The van der Waals surface area contributed by atoms with Crippen LogP contribution in [0, 0.1) is 5.92 Å². The van der Waals surface area contributed by atoms with Crippen LogP contribution in [0.1, 0.15) is 26.7 Å². The molecule has 124 valence electrons. The number of nitrogens with one attached hydrogen (secondary N) is 1. The summed E-state index contributed by atoms with van der Waals surface area (Å²) in [5.41, 5.74) is 0. The Bertz CT molecular complexity index is 421. The quantitative estimate of drug-likeness (QED) is 0.786. The van der Waals surface area contributed by atoms with E-state index in [1.807, 2.05) is 7.05 Å². The lowest BCUT2D eigenvalue weighted by Crippen LogP contribution is -2.57. The van der Waals surface area contributed by atoms with E-state index >= 15 is 0 Å². The van der Waals surface area contributed by atoms with E-state index in [1.54, 1.807) is 8.61 Å². The van der Waals surface area contributed by atoms with Crippen molar-refractivity contribution < 1.29 is 8.42 Å². The largest absolute Gasteiger partial charge is 0.319 e. The molecule has 2 fully saturated rings. The Morgan fingerprint density at radius 1 is 1.10 bits per heavy atom. The van der Waals surface area contributed by atoms with Crippen molar-refractivity contribution in [1.82, 2.24) is 18.8 Å². The van der Waals surface area contributed by atoms with E-state index in [9.17, 15) is 8.42 Å². The molecule has 2 aliphatic heterocycles. The summed E-state index contributed by atoms with van der Waals surface area (Å²) in [6.07, 6.45) is 1.93. The molecule has 6 nitrogen and oxygen atoms in total. The fourth-order valence-electron chi connectivity index (χ4n) is 3.44. The van der Waals surface area contributed by atoms with Crippen molar-refractivity contribution in [2.75, 3.05) is 52.9 Å². The highest BCUT2D eigenvalue weighted by molar-refractivity contribution is 7.86. The second-order valence-corrected chi connectivity index (χ2v) is 8.17. The van der Waals surface area contributed by atoms with Crippen LogP contribution < -0.4 is 5.32 Å². The number of piperazine rings is 1. The Morgan fingerprint density at radius 3 is 2.29 bits per heavy atom. The molecule has 0 radical (unpaired) electrons. The Labute approximate surface area is 129 Å². The average Bonchev–Trinajstić information content (AvgIpc) is 2.48. The molecular formula is C14H30N4O2S. The molecule has 0 aromatic rings. The van der Waals surface area contributed by atoms with Crippen LogP contribution >= 0.6 is 0 Å². The molecule has 21 heavy (non-hydrogen) atoms. The van der Waals surface area contributed by atoms with Crippen molar-refractivity contribution in [2.45, 2.75) is 32.7 Å². The molecule has 1 unspecified atom stereocenters. The number of rotatable bonds is 5. The van der Waals surface area contributed by atoms with Crippen molar-refractivity contribution in [3.05, 3.63) is 0 Å². The number of likely N-dealkylation sites (N-methyl/N-ethyl adjacent to an activating group) is 1. The van der Waals surface area contributed by atoms with Crippen LogP contribution in [0.5, 0.6) is 0 Å². The van der Waals surface area contributed by atoms with Crippen LogP contribution in [0.4, 0.5) is 0 Å². The summed E-state index contributed by atoms with van der Waals surface area (Å²) in [4.78, 5) is 2.34. The summed E-state index contributed by atoms with van der Waals surface area (Å²) in [5.74, 6) is 0.609. The molecule has 7 heteroatoms. The lowest BCUT2D eigenvalue weighted by molar-refractivity contribution is 0.128. The maximum atomic E-state index is 12.8. The van der Waals surface area contributed by atoms with Gasteiger partial charge in [-0.2, -0.15) is 17.0 Å². The SMILES string of the molecule is CCN1CCN(S(=O)(=O)N2CCC(CNC)CC2)CC1C. The summed E-state index contributed by atoms with van der Waals surface area (Å²) >= 11 is 0. The Hall–Kier alpha value is -0.210. The van der Waals surface area contributed by atoms with Crippen LogP contribution in [-0.2, 0) is 10.2 Å². The second kappa shape index (κ2) is 7.37. The van der Waals surface area contributed by atoms with E-state index in [0.717, 1.165) is 32.5 Å². The smallest absolute Gasteiger partial charge is 0.282 e. The molecule has 0 aromatic carbocycles. The van der Waals surface area contributed by atoms with Crippen molar-refractivity contribution in [3.8, 4) is 0 Å². The minimum atomic E-state index is -3.27. The van der Waals surface area contributed by atoms with E-state index in [2.05, 4.69) is 24.1 Å². The van der Waals surface area contributed by atoms with E-state index in [4.69, 9.17) is 0 Å². The van der Waals surface area contributed by atoms with Gasteiger partial charge in [0.1, 0.15) is 0 Å². The maximum absolute atomic E-state index is 12.8. The normalized spacial score (nSPS) is 28.0. The third-order valence-electron chi connectivity index (χ3n) is 4.85. The van der Waals surface area contributed by atoms with Gasteiger partial charge in [0.25, 0.3) is 10.2 Å². The molecule has 0 saturated carbocycles. The van der Waals surface area contributed by atoms with Gasteiger partial charge in [0.05, 0.1) is 0 Å². The van der Waals surface area contributed by atoms with Crippen LogP contribution in [-0.4, -0.2) is 80.8 Å². The molecule has 1 N–H and O–H groups in total. The van der Waals surface area contributed by atoms with Gasteiger partial charge in [-0.3, -0.25) is 4.90 Å². The molecule has 0 aliphatic carbocycles. The van der Waals surface area contributed by atoms with Gasteiger partial charge in [-0.15, -0.1) is 0 Å². The number of hydrogen-bond donors (Lipinski definition) is 1. The third kappa shape index (κ3) is 3.96. The Morgan fingerprint density at radius 2 is 1.76 bits per heavy atom. The predicted octanol–water partition coefficient (Wildman–Crippen LogP) is 0.189. The summed E-state index contributed by atoms with van der Waals surface area (Å²) in [7, 11) is -1.31. The van der Waals surface area contributed by atoms with Crippen LogP contribution in [0.3, 0.4) is 0 Å². The second-order valence-electron chi connectivity index (χ2n) is 6.24. The van der Waals surface area contributed by atoms with E-state index in [-0.39, 0.29) is 0 Å². The van der Waals surface area contributed by atoms with Gasteiger partial charge >= 0.3 is 0 Å². The molecule has 0 spiro atoms. The van der Waals surface area contributed by atoms with Gasteiger partial charge in [-0.25, -0.2) is 0 Å². The van der Waals surface area contributed by atoms with Gasteiger partial charge in [-0.05, 0) is 45.8 Å². The highest BCUT2D eigenvalue weighted by atomic mass is 32.2. The minimum Gasteiger partial charge on any atom is -0.319 e. The standard InChI is InChI=1S/C14H30N4O2S/c1-4-16-9-10-18(12-13(16)2)21(19,20)17-7-5-14(6-8-17)11-15-3/h13-15H,4-12H2,1-3H3. The number of piperidine rings is 1. The predicted molar refractivity (Wildman–Crippen MR) is 85.4 cm³/mol. The highest BCUT2D eigenvalue weighted by Crippen LogP contribution is 2.22. The van der Waals surface area contributed by atoms with Crippen molar-refractivity contribution in [3.63, 3.8) is 0 Å². The van der Waals surface area contributed by atoms with Gasteiger partial charge < -0.3 is 5.32 Å². The summed E-state index contributed by atoms with van der Waals surface area (Å²) in [6, 6.07) is 0.306. The van der Waals surface area contributed by atoms with Gasteiger partial charge in [0.15, 0.2) is 0 Å². The first-order chi connectivity index (χ1) is 9.98. The zero-order valence-corrected chi connectivity index (χ0v) is 14.4. The summed E-state index contributed by atoms with van der Waals surface area (Å²) < 4.78 is 28.9. The van der Waals surface area contributed by atoms with Gasteiger partial charge in [0, 0.05) is 38.8 Å². The molecular weight excluding hydrogens is 288 g/mol. The van der Waals surface area contributed by atoms with Crippen molar-refractivity contribution >= 4 is 10.2 Å². The molecule has 0 bridgehead atoms. The fraction of sp³-hybridized carbons (Fsp3) is 1.00. The first-order valence-corrected chi connectivity index (χ1v) is 9.52. The fourth-order valence-corrected chi connectivity index (χ4v) is 5.15. The van der Waals surface area contributed by atoms with E-state index in [0.29, 0.717) is 38.1 Å². The molecule has 2 saturated heterocycles. The molecule has 2 aliphatic rings. The molecule has 1 atom stereocenters. The number of hydrogen-bond acceptors (Lipinski definition) is 4. The number of nitrogens with zero attached hydrogens (tertiary/aromatic N) is 3. The summed E-state index contributed by atoms with van der Waals surface area (Å²) in [5, 5.41) is 3.19.